The molecular weight excluding hydrogens is 230 g/mol. The Kier molecular flexibility index (Phi) is 4.90. The van der Waals surface area contributed by atoms with Crippen LogP contribution in [0.4, 0.5) is 0 Å². The van der Waals surface area contributed by atoms with E-state index in [0.29, 0.717) is 0 Å². The summed E-state index contributed by atoms with van der Waals surface area (Å²) in [6, 6.07) is 4.36. The van der Waals surface area contributed by atoms with E-state index >= 15 is 0 Å². The van der Waals surface area contributed by atoms with Crippen LogP contribution in [0.1, 0.15) is 31.9 Å². The van der Waals surface area contributed by atoms with Crippen molar-refractivity contribution in [3.05, 3.63) is 23.3 Å². The molecule has 96 valence electrons. The molecular formula is C14H23NOS. The van der Waals surface area contributed by atoms with Crippen molar-refractivity contribution in [3.8, 4) is 5.75 Å². The molecule has 0 bridgehead atoms. The molecule has 0 saturated heterocycles. The highest BCUT2D eigenvalue weighted by atomic mass is 32.2. The number of ether oxygens (including phenoxy) is 1. The molecule has 0 saturated carbocycles. The van der Waals surface area contributed by atoms with E-state index < -0.39 is 0 Å². The Bertz CT molecular complexity index is 383. The van der Waals surface area contributed by atoms with Crippen LogP contribution in [0, 0.1) is 0 Å². The molecule has 0 spiro atoms. The third kappa shape index (κ3) is 3.93. The van der Waals surface area contributed by atoms with E-state index in [-0.39, 0.29) is 5.54 Å². The van der Waals surface area contributed by atoms with Crippen LogP contribution in [0.3, 0.4) is 0 Å². The van der Waals surface area contributed by atoms with Gasteiger partial charge in [0.05, 0.1) is 7.11 Å². The van der Waals surface area contributed by atoms with Crippen molar-refractivity contribution in [1.29, 1.82) is 0 Å². The summed E-state index contributed by atoms with van der Waals surface area (Å²) in [7, 11) is 1.72. The monoisotopic (exact) mass is 253 g/mol. The highest BCUT2D eigenvalue weighted by molar-refractivity contribution is 7.98. The van der Waals surface area contributed by atoms with Crippen LogP contribution in [-0.4, -0.2) is 18.9 Å². The minimum absolute atomic E-state index is 0.212. The van der Waals surface area contributed by atoms with Crippen molar-refractivity contribution in [2.75, 3.05) is 13.4 Å². The number of aryl methyl sites for hydroxylation is 1. The van der Waals surface area contributed by atoms with Gasteiger partial charge in [0.15, 0.2) is 0 Å². The maximum absolute atomic E-state index is 6.09. The first-order valence-electron chi connectivity index (χ1n) is 5.94. The minimum Gasteiger partial charge on any atom is -0.496 e. The van der Waals surface area contributed by atoms with Gasteiger partial charge in [0.2, 0.25) is 0 Å². The lowest BCUT2D eigenvalue weighted by Crippen LogP contribution is -2.34. The van der Waals surface area contributed by atoms with Gasteiger partial charge in [-0.2, -0.15) is 0 Å². The van der Waals surface area contributed by atoms with Gasteiger partial charge >= 0.3 is 0 Å². The van der Waals surface area contributed by atoms with Crippen LogP contribution >= 0.6 is 11.8 Å². The molecule has 2 N–H and O–H groups in total. The lowest BCUT2D eigenvalue weighted by atomic mass is 9.94. The Morgan fingerprint density at radius 2 is 1.94 bits per heavy atom. The van der Waals surface area contributed by atoms with Crippen LogP contribution in [0.25, 0.3) is 0 Å². The zero-order chi connectivity index (χ0) is 13.1. The van der Waals surface area contributed by atoms with Crippen molar-refractivity contribution in [2.45, 2.75) is 44.0 Å². The number of benzene rings is 1. The Morgan fingerprint density at radius 1 is 1.29 bits per heavy atom. The number of methoxy groups -OCH3 is 1. The van der Waals surface area contributed by atoms with Crippen LogP contribution < -0.4 is 10.5 Å². The first-order chi connectivity index (χ1) is 7.91. The quantitative estimate of drug-likeness (QED) is 0.818. The second-order valence-corrected chi connectivity index (χ2v) is 5.84. The van der Waals surface area contributed by atoms with Crippen LogP contribution in [-0.2, 0) is 12.8 Å². The Morgan fingerprint density at radius 3 is 2.35 bits per heavy atom. The van der Waals surface area contributed by atoms with E-state index in [9.17, 15) is 0 Å². The zero-order valence-electron chi connectivity index (χ0n) is 11.5. The fraction of sp³-hybridized carbons (Fsp3) is 0.571. The topological polar surface area (TPSA) is 35.2 Å². The molecule has 1 rings (SSSR count). The molecule has 0 aromatic heterocycles. The maximum atomic E-state index is 6.09. The summed E-state index contributed by atoms with van der Waals surface area (Å²) in [5.74, 6) is 0.957. The Labute approximate surface area is 109 Å². The van der Waals surface area contributed by atoms with E-state index in [0.717, 1.165) is 18.6 Å². The van der Waals surface area contributed by atoms with Gasteiger partial charge < -0.3 is 10.5 Å². The number of hydrogen-bond acceptors (Lipinski definition) is 3. The summed E-state index contributed by atoms with van der Waals surface area (Å²) < 4.78 is 5.47. The summed E-state index contributed by atoms with van der Waals surface area (Å²) in [5, 5.41) is 0. The normalized spacial score (nSPS) is 11.6. The number of nitrogens with two attached hydrogens (primary N) is 1. The molecule has 1 aromatic carbocycles. The van der Waals surface area contributed by atoms with Gasteiger partial charge in [-0.15, -0.1) is 11.8 Å². The smallest absolute Gasteiger partial charge is 0.122 e. The predicted molar refractivity (Wildman–Crippen MR) is 76.1 cm³/mol. The lowest BCUT2D eigenvalue weighted by molar-refractivity contribution is 0.401. The molecule has 0 aliphatic rings. The third-order valence-corrected chi connectivity index (χ3v) is 3.53. The molecule has 17 heavy (non-hydrogen) atoms. The van der Waals surface area contributed by atoms with Crippen molar-refractivity contribution in [3.63, 3.8) is 0 Å². The van der Waals surface area contributed by atoms with Crippen LogP contribution in [0.15, 0.2) is 17.0 Å². The summed E-state index contributed by atoms with van der Waals surface area (Å²) in [5.41, 5.74) is 8.42. The molecule has 0 fully saturated rings. The standard InChI is InChI=1S/C14H23NOS/c1-6-10-7-12(16-4)11(8-13(10)17-5)9-14(2,3)15/h7-8H,6,9,15H2,1-5H3. The number of rotatable bonds is 5. The zero-order valence-corrected chi connectivity index (χ0v) is 12.3. The summed E-state index contributed by atoms with van der Waals surface area (Å²) >= 11 is 1.78. The van der Waals surface area contributed by atoms with E-state index in [1.165, 1.54) is 16.0 Å². The fourth-order valence-electron chi connectivity index (χ4n) is 1.93. The first-order valence-corrected chi connectivity index (χ1v) is 7.16. The molecule has 0 radical (unpaired) electrons. The van der Waals surface area contributed by atoms with Crippen molar-refractivity contribution < 1.29 is 4.74 Å². The van der Waals surface area contributed by atoms with Gasteiger partial charge in [-0.1, -0.05) is 6.92 Å². The first kappa shape index (κ1) is 14.4. The van der Waals surface area contributed by atoms with Crippen LogP contribution in [0.5, 0.6) is 5.75 Å². The lowest BCUT2D eigenvalue weighted by Gasteiger charge is -2.21. The van der Waals surface area contributed by atoms with Crippen molar-refractivity contribution in [2.24, 2.45) is 5.73 Å². The van der Waals surface area contributed by atoms with Crippen LogP contribution in [0.2, 0.25) is 0 Å². The average Bonchev–Trinajstić information content (AvgIpc) is 2.26. The Hall–Kier alpha value is -0.670. The number of thioether (sulfide) groups is 1. The SMILES string of the molecule is CCc1cc(OC)c(CC(C)(C)N)cc1SC. The summed E-state index contributed by atoms with van der Waals surface area (Å²) in [6.45, 7) is 6.25. The molecule has 3 heteroatoms. The maximum Gasteiger partial charge on any atom is 0.122 e. The second-order valence-electron chi connectivity index (χ2n) is 4.99. The molecule has 0 aliphatic heterocycles. The molecule has 0 unspecified atom stereocenters. The van der Waals surface area contributed by atoms with E-state index in [2.05, 4.69) is 25.3 Å². The van der Waals surface area contributed by atoms with Crippen molar-refractivity contribution in [1.82, 2.24) is 0 Å². The third-order valence-electron chi connectivity index (χ3n) is 2.71. The molecule has 0 aliphatic carbocycles. The molecule has 1 aromatic rings. The molecule has 0 atom stereocenters. The molecule has 2 nitrogen and oxygen atoms in total. The molecule has 0 amide bonds. The second kappa shape index (κ2) is 5.78. The highest BCUT2D eigenvalue weighted by Crippen LogP contribution is 2.31. The Balaban J connectivity index is 3.19. The van der Waals surface area contributed by atoms with E-state index in [1.54, 1.807) is 18.9 Å². The summed E-state index contributed by atoms with van der Waals surface area (Å²) in [6.07, 6.45) is 3.96. The highest BCUT2D eigenvalue weighted by Gasteiger charge is 2.17. The van der Waals surface area contributed by atoms with Gasteiger partial charge in [0, 0.05) is 10.4 Å². The van der Waals surface area contributed by atoms with E-state index in [4.69, 9.17) is 10.5 Å². The van der Waals surface area contributed by atoms with Gasteiger partial charge in [-0.25, -0.2) is 0 Å². The van der Waals surface area contributed by atoms with Gasteiger partial charge in [0.1, 0.15) is 5.75 Å². The average molecular weight is 253 g/mol. The van der Waals surface area contributed by atoms with Gasteiger partial charge in [-0.05, 0) is 56.2 Å². The largest absolute Gasteiger partial charge is 0.496 e. The molecule has 0 heterocycles. The van der Waals surface area contributed by atoms with Gasteiger partial charge in [-0.3, -0.25) is 0 Å². The summed E-state index contributed by atoms with van der Waals surface area (Å²) in [4.78, 5) is 1.33. The van der Waals surface area contributed by atoms with Gasteiger partial charge in [0.25, 0.3) is 0 Å². The predicted octanol–water partition coefficient (Wildman–Crippen LogP) is 3.26. The minimum atomic E-state index is -0.212. The van der Waals surface area contributed by atoms with E-state index in [1.807, 2.05) is 13.8 Å². The fourth-order valence-corrected chi connectivity index (χ4v) is 2.66. The number of hydrogen-bond donors (Lipinski definition) is 1. The van der Waals surface area contributed by atoms with Crippen molar-refractivity contribution >= 4 is 11.8 Å².